The highest BCUT2D eigenvalue weighted by molar-refractivity contribution is 5.79. The Bertz CT molecular complexity index is 576. The van der Waals surface area contributed by atoms with E-state index in [1.165, 1.54) is 0 Å². The number of H-pyrrole nitrogens is 1. The van der Waals surface area contributed by atoms with Crippen LogP contribution in [0.15, 0.2) is 18.2 Å². The number of hydrogen-bond donors (Lipinski definition) is 3. The highest BCUT2D eigenvalue weighted by atomic mass is 16.1. The molecule has 4 N–H and O–H groups in total. The Kier molecular flexibility index (Phi) is 4.16. The van der Waals surface area contributed by atoms with Gasteiger partial charge in [0.2, 0.25) is 5.91 Å². The molecule has 1 amide bonds. The van der Waals surface area contributed by atoms with Gasteiger partial charge in [0.25, 0.3) is 0 Å². The van der Waals surface area contributed by atoms with Gasteiger partial charge in [-0.25, -0.2) is 4.98 Å². The SMILES string of the molecule is Cc1cccc2[nH]c(CCC(=O)N[C@@H](C)CN)nc12. The summed E-state index contributed by atoms with van der Waals surface area (Å²) in [6.07, 6.45) is 1.03. The van der Waals surface area contributed by atoms with Crippen molar-refractivity contribution in [1.82, 2.24) is 15.3 Å². The van der Waals surface area contributed by atoms with Crippen LogP contribution in [-0.4, -0.2) is 28.5 Å². The molecule has 0 unspecified atom stereocenters. The van der Waals surface area contributed by atoms with Crippen LogP contribution < -0.4 is 11.1 Å². The number of aromatic nitrogens is 2. The largest absolute Gasteiger partial charge is 0.352 e. The Morgan fingerprint density at radius 2 is 2.32 bits per heavy atom. The van der Waals surface area contributed by atoms with Gasteiger partial charge in [-0.1, -0.05) is 12.1 Å². The Morgan fingerprint density at radius 1 is 1.53 bits per heavy atom. The van der Waals surface area contributed by atoms with E-state index in [9.17, 15) is 4.79 Å². The molecule has 2 rings (SSSR count). The molecular formula is C14H20N4O. The van der Waals surface area contributed by atoms with Crippen molar-refractivity contribution in [3.8, 4) is 0 Å². The van der Waals surface area contributed by atoms with Crippen molar-refractivity contribution in [2.24, 2.45) is 5.73 Å². The van der Waals surface area contributed by atoms with Crippen molar-refractivity contribution in [1.29, 1.82) is 0 Å². The highest BCUT2D eigenvalue weighted by Gasteiger charge is 2.09. The molecule has 0 spiro atoms. The van der Waals surface area contributed by atoms with Crippen molar-refractivity contribution in [3.63, 3.8) is 0 Å². The monoisotopic (exact) mass is 260 g/mol. The van der Waals surface area contributed by atoms with Gasteiger partial charge in [-0.2, -0.15) is 0 Å². The maximum Gasteiger partial charge on any atom is 0.220 e. The first-order valence-corrected chi connectivity index (χ1v) is 6.53. The Hall–Kier alpha value is -1.88. The smallest absolute Gasteiger partial charge is 0.220 e. The average molecular weight is 260 g/mol. The van der Waals surface area contributed by atoms with E-state index in [-0.39, 0.29) is 11.9 Å². The molecule has 0 aliphatic heterocycles. The number of para-hydroxylation sites is 1. The van der Waals surface area contributed by atoms with Gasteiger partial charge in [-0.05, 0) is 25.5 Å². The fraction of sp³-hybridized carbons (Fsp3) is 0.429. The van der Waals surface area contributed by atoms with Crippen LogP contribution in [0, 0.1) is 6.92 Å². The second-order valence-electron chi connectivity index (χ2n) is 4.86. The Morgan fingerprint density at radius 3 is 3.00 bits per heavy atom. The molecule has 0 aliphatic carbocycles. The summed E-state index contributed by atoms with van der Waals surface area (Å²) in [5, 5.41) is 2.84. The van der Waals surface area contributed by atoms with E-state index < -0.39 is 0 Å². The zero-order chi connectivity index (χ0) is 13.8. The van der Waals surface area contributed by atoms with Gasteiger partial charge >= 0.3 is 0 Å². The van der Waals surface area contributed by atoms with Gasteiger partial charge < -0.3 is 16.0 Å². The first kappa shape index (κ1) is 13.5. The number of hydrogen-bond acceptors (Lipinski definition) is 3. The minimum absolute atomic E-state index is 0.00938. The summed E-state index contributed by atoms with van der Waals surface area (Å²) in [5.74, 6) is 0.856. The van der Waals surface area contributed by atoms with Crippen LogP contribution in [0.1, 0.15) is 24.7 Å². The number of carbonyl (C=O) groups is 1. The predicted octanol–water partition coefficient (Wildman–Crippen LogP) is 1.27. The fourth-order valence-electron chi connectivity index (χ4n) is 1.98. The molecule has 2 aromatic rings. The molecule has 1 heterocycles. The lowest BCUT2D eigenvalue weighted by molar-refractivity contribution is -0.121. The van der Waals surface area contributed by atoms with Crippen LogP contribution in [0.2, 0.25) is 0 Å². The van der Waals surface area contributed by atoms with E-state index >= 15 is 0 Å². The van der Waals surface area contributed by atoms with Crippen molar-refractivity contribution >= 4 is 16.9 Å². The molecule has 0 radical (unpaired) electrons. The molecule has 5 heteroatoms. The molecule has 0 saturated heterocycles. The molecule has 1 aromatic heterocycles. The number of nitrogens with one attached hydrogen (secondary N) is 2. The number of benzene rings is 1. The number of rotatable bonds is 5. The lowest BCUT2D eigenvalue weighted by Gasteiger charge is -2.10. The van der Waals surface area contributed by atoms with E-state index in [0.717, 1.165) is 22.4 Å². The summed E-state index contributed by atoms with van der Waals surface area (Å²) in [5.41, 5.74) is 8.60. The molecular weight excluding hydrogens is 240 g/mol. The summed E-state index contributed by atoms with van der Waals surface area (Å²) in [6.45, 7) is 4.38. The summed E-state index contributed by atoms with van der Waals surface area (Å²) >= 11 is 0. The number of nitrogens with two attached hydrogens (primary N) is 1. The van der Waals surface area contributed by atoms with Crippen LogP contribution in [0.4, 0.5) is 0 Å². The number of nitrogens with zero attached hydrogens (tertiary/aromatic N) is 1. The zero-order valence-corrected chi connectivity index (χ0v) is 11.4. The summed E-state index contributed by atoms with van der Waals surface area (Å²) in [6, 6.07) is 6.04. The molecule has 5 nitrogen and oxygen atoms in total. The van der Waals surface area contributed by atoms with Gasteiger partial charge in [0.15, 0.2) is 0 Å². The van der Waals surface area contributed by atoms with E-state index in [4.69, 9.17) is 5.73 Å². The van der Waals surface area contributed by atoms with Gasteiger partial charge in [0.05, 0.1) is 11.0 Å². The Balaban J connectivity index is 1.98. The van der Waals surface area contributed by atoms with Crippen LogP contribution in [0.5, 0.6) is 0 Å². The third-order valence-electron chi connectivity index (χ3n) is 3.11. The van der Waals surface area contributed by atoms with Gasteiger partial charge in [0, 0.05) is 25.4 Å². The molecule has 0 bridgehead atoms. The van der Waals surface area contributed by atoms with Gasteiger partial charge in [0.1, 0.15) is 5.82 Å². The maximum absolute atomic E-state index is 11.7. The molecule has 1 atom stereocenters. The second-order valence-corrected chi connectivity index (χ2v) is 4.86. The first-order valence-electron chi connectivity index (χ1n) is 6.53. The topological polar surface area (TPSA) is 83.8 Å². The fourth-order valence-corrected chi connectivity index (χ4v) is 1.98. The standard InChI is InChI=1S/C14H20N4O/c1-9-4-3-5-11-14(9)18-12(17-11)6-7-13(19)16-10(2)8-15/h3-5,10H,6-8,15H2,1-2H3,(H,16,19)(H,17,18)/t10-/m0/s1. The molecule has 0 saturated carbocycles. The van der Waals surface area contributed by atoms with E-state index in [1.807, 2.05) is 32.0 Å². The molecule has 0 aliphatic rings. The predicted molar refractivity (Wildman–Crippen MR) is 75.8 cm³/mol. The molecule has 1 aromatic carbocycles. The number of aryl methyl sites for hydroxylation is 2. The normalized spacial score (nSPS) is 12.6. The molecule has 19 heavy (non-hydrogen) atoms. The summed E-state index contributed by atoms with van der Waals surface area (Å²) in [4.78, 5) is 19.4. The lowest BCUT2D eigenvalue weighted by atomic mass is 10.2. The number of fused-ring (bicyclic) bond motifs is 1. The number of amides is 1. The third-order valence-corrected chi connectivity index (χ3v) is 3.11. The first-order chi connectivity index (χ1) is 9.10. The summed E-state index contributed by atoms with van der Waals surface area (Å²) in [7, 11) is 0. The van der Waals surface area contributed by atoms with Crippen molar-refractivity contribution in [2.45, 2.75) is 32.7 Å². The highest BCUT2D eigenvalue weighted by Crippen LogP contribution is 2.15. The van der Waals surface area contributed by atoms with Crippen molar-refractivity contribution < 1.29 is 4.79 Å². The number of aromatic amines is 1. The Labute approximate surface area is 112 Å². The molecule has 102 valence electrons. The minimum atomic E-state index is 0.00938. The van der Waals surface area contributed by atoms with Gasteiger partial charge in [-0.15, -0.1) is 0 Å². The van der Waals surface area contributed by atoms with E-state index in [0.29, 0.717) is 19.4 Å². The average Bonchev–Trinajstić information content (AvgIpc) is 2.81. The third kappa shape index (κ3) is 3.32. The van der Waals surface area contributed by atoms with Crippen LogP contribution in [0.25, 0.3) is 11.0 Å². The zero-order valence-electron chi connectivity index (χ0n) is 11.4. The lowest BCUT2D eigenvalue weighted by Crippen LogP contribution is -2.37. The van der Waals surface area contributed by atoms with E-state index in [1.54, 1.807) is 0 Å². The maximum atomic E-state index is 11.7. The summed E-state index contributed by atoms with van der Waals surface area (Å²) < 4.78 is 0. The number of imidazole rings is 1. The quantitative estimate of drug-likeness (QED) is 0.757. The van der Waals surface area contributed by atoms with Crippen LogP contribution >= 0.6 is 0 Å². The van der Waals surface area contributed by atoms with Crippen molar-refractivity contribution in [3.05, 3.63) is 29.6 Å². The van der Waals surface area contributed by atoms with Gasteiger partial charge in [-0.3, -0.25) is 4.79 Å². The van der Waals surface area contributed by atoms with Crippen LogP contribution in [-0.2, 0) is 11.2 Å². The second kappa shape index (κ2) is 5.84. The van der Waals surface area contributed by atoms with E-state index in [2.05, 4.69) is 15.3 Å². The minimum Gasteiger partial charge on any atom is -0.352 e. The van der Waals surface area contributed by atoms with Crippen LogP contribution in [0.3, 0.4) is 0 Å². The van der Waals surface area contributed by atoms with Crippen molar-refractivity contribution in [2.75, 3.05) is 6.54 Å². The molecule has 0 fully saturated rings. The number of carbonyl (C=O) groups excluding carboxylic acids is 1.